The van der Waals surface area contributed by atoms with Gasteiger partial charge in [0.1, 0.15) is 0 Å². The first-order chi connectivity index (χ1) is 7.81. The van der Waals surface area contributed by atoms with Crippen molar-refractivity contribution in [1.82, 2.24) is 0 Å². The van der Waals surface area contributed by atoms with Crippen molar-refractivity contribution >= 4 is 0 Å². The third-order valence-corrected chi connectivity index (χ3v) is 4.56. The van der Waals surface area contributed by atoms with Crippen molar-refractivity contribution in [3.8, 4) is 0 Å². The Morgan fingerprint density at radius 3 is 2.44 bits per heavy atom. The summed E-state index contributed by atoms with van der Waals surface area (Å²) in [6.45, 7) is 5.56. The molecular weight excluding hydrogens is 194 g/mol. The fraction of sp³-hybridized carbons (Fsp3) is 1.00. The molecule has 0 aliphatic heterocycles. The van der Waals surface area contributed by atoms with Crippen molar-refractivity contribution < 1.29 is 0 Å². The van der Waals surface area contributed by atoms with Gasteiger partial charge < -0.3 is 5.73 Å². The molecule has 0 aromatic rings. The average Bonchev–Trinajstić information content (AvgIpc) is 2.34. The zero-order valence-corrected chi connectivity index (χ0v) is 11.4. The Balaban J connectivity index is 2.27. The monoisotopic (exact) mass is 225 g/mol. The van der Waals surface area contributed by atoms with E-state index in [9.17, 15) is 0 Å². The molecule has 0 spiro atoms. The van der Waals surface area contributed by atoms with E-state index < -0.39 is 0 Å². The van der Waals surface area contributed by atoms with E-state index in [2.05, 4.69) is 13.8 Å². The largest absolute Gasteiger partial charge is 0.330 e. The van der Waals surface area contributed by atoms with Crippen LogP contribution in [0.2, 0.25) is 0 Å². The fourth-order valence-corrected chi connectivity index (χ4v) is 3.29. The van der Waals surface area contributed by atoms with Gasteiger partial charge in [-0.25, -0.2) is 0 Å². The number of hydrogen-bond donors (Lipinski definition) is 1. The quantitative estimate of drug-likeness (QED) is 0.640. The van der Waals surface area contributed by atoms with Crippen LogP contribution in [0.25, 0.3) is 0 Å². The summed E-state index contributed by atoms with van der Waals surface area (Å²) in [5, 5.41) is 0. The van der Waals surface area contributed by atoms with Gasteiger partial charge in [-0.3, -0.25) is 0 Å². The van der Waals surface area contributed by atoms with Gasteiger partial charge >= 0.3 is 0 Å². The predicted octanol–water partition coefficient (Wildman–Crippen LogP) is 4.36. The molecule has 0 heterocycles. The molecule has 0 aromatic carbocycles. The zero-order chi connectivity index (χ0) is 11.8. The van der Waals surface area contributed by atoms with Gasteiger partial charge in [-0.05, 0) is 37.1 Å². The highest BCUT2D eigenvalue weighted by atomic mass is 14.6. The predicted molar refractivity (Wildman–Crippen MR) is 72.4 cm³/mol. The molecule has 1 aliphatic rings. The van der Waals surface area contributed by atoms with Gasteiger partial charge in [0.15, 0.2) is 0 Å². The Morgan fingerprint density at radius 1 is 1.00 bits per heavy atom. The summed E-state index contributed by atoms with van der Waals surface area (Å²) in [7, 11) is 0. The maximum atomic E-state index is 5.91. The maximum absolute atomic E-state index is 5.91. The van der Waals surface area contributed by atoms with Crippen LogP contribution in [0.3, 0.4) is 0 Å². The molecule has 96 valence electrons. The summed E-state index contributed by atoms with van der Waals surface area (Å²) in [5.74, 6) is 2.78. The van der Waals surface area contributed by atoms with Crippen molar-refractivity contribution in [3.63, 3.8) is 0 Å². The summed E-state index contributed by atoms with van der Waals surface area (Å²) in [6.07, 6.45) is 12.7. The number of rotatable bonds is 7. The SMILES string of the molecule is CCCCCCC1CC(CC)CCC1CN. The second-order valence-corrected chi connectivity index (χ2v) is 5.69. The first kappa shape index (κ1) is 14.0. The van der Waals surface area contributed by atoms with Gasteiger partial charge in [-0.2, -0.15) is 0 Å². The average molecular weight is 225 g/mol. The van der Waals surface area contributed by atoms with E-state index in [1.807, 2.05) is 0 Å². The molecule has 1 nitrogen and oxygen atoms in total. The summed E-state index contributed by atoms with van der Waals surface area (Å²) in [5.41, 5.74) is 5.91. The molecule has 2 N–H and O–H groups in total. The minimum atomic E-state index is 0.837. The topological polar surface area (TPSA) is 26.0 Å². The van der Waals surface area contributed by atoms with E-state index in [0.717, 1.165) is 24.3 Å². The molecule has 3 atom stereocenters. The lowest BCUT2D eigenvalue weighted by Gasteiger charge is -2.35. The summed E-state index contributed by atoms with van der Waals surface area (Å²) >= 11 is 0. The third-order valence-electron chi connectivity index (χ3n) is 4.56. The van der Waals surface area contributed by atoms with Crippen molar-refractivity contribution in [1.29, 1.82) is 0 Å². The molecule has 0 radical (unpaired) electrons. The smallest absolute Gasteiger partial charge is 0.00462 e. The molecule has 1 aliphatic carbocycles. The Labute approximate surface area is 102 Å². The molecule has 1 heteroatoms. The number of unbranched alkanes of at least 4 members (excludes halogenated alkanes) is 3. The molecule has 0 amide bonds. The van der Waals surface area contributed by atoms with E-state index in [-0.39, 0.29) is 0 Å². The van der Waals surface area contributed by atoms with Crippen molar-refractivity contribution in [2.24, 2.45) is 23.5 Å². The van der Waals surface area contributed by atoms with Crippen molar-refractivity contribution in [2.45, 2.75) is 71.6 Å². The Morgan fingerprint density at radius 2 is 1.81 bits per heavy atom. The number of nitrogens with two attached hydrogens (primary N) is 1. The van der Waals surface area contributed by atoms with Gasteiger partial charge in [0.2, 0.25) is 0 Å². The highest BCUT2D eigenvalue weighted by Gasteiger charge is 2.28. The first-order valence-electron chi connectivity index (χ1n) is 7.51. The molecule has 0 saturated heterocycles. The lowest BCUT2D eigenvalue weighted by molar-refractivity contribution is 0.168. The van der Waals surface area contributed by atoms with E-state index in [1.54, 1.807) is 0 Å². The van der Waals surface area contributed by atoms with Gasteiger partial charge in [-0.15, -0.1) is 0 Å². The molecule has 1 rings (SSSR count). The summed E-state index contributed by atoms with van der Waals surface area (Å²) < 4.78 is 0. The van der Waals surface area contributed by atoms with E-state index in [0.29, 0.717) is 0 Å². The zero-order valence-electron chi connectivity index (χ0n) is 11.4. The molecule has 16 heavy (non-hydrogen) atoms. The molecule has 0 bridgehead atoms. The molecule has 0 aromatic heterocycles. The standard InChI is InChI=1S/C15H31N/c1-3-5-6-7-8-14-11-13(4-2)9-10-15(14)12-16/h13-15H,3-12,16H2,1-2H3. The van der Waals surface area contributed by atoms with Gasteiger partial charge in [0.25, 0.3) is 0 Å². The Hall–Kier alpha value is -0.0400. The number of hydrogen-bond acceptors (Lipinski definition) is 1. The Bertz CT molecular complexity index is 167. The van der Waals surface area contributed by atoms with Crippen LogP contribution in [0.15, 0.2) is 0 Å². The molecular formula is C15H31N. The van der Waals surface area contributed by atoms with Gasteiger partial charge in [0, 0.05) is 0 Å². The highest BCUT2D eigenvalue weighted by molar-refractivity contribution is 4.80. The van der Waals surface area contributed by atoms with Crippen LogP contribution in [-0.4, -0.2) is 6.54 Å². The Kier molecular flexibility index (Phi) is 7.11. The summed E-state index contributed by atoms with van der Waals surface area (Å²) in [4.78, 5) is 0. The van der Waals surface area contributed by atoms with E-state index in [1.165, 1.54) is 57.8 Å². The normalized spacial score (nSPS) is 30.6. The first-order valence-corrected chi connectivity index (χ1v) is 7.51. The second kappa shape index (κ2) is 8.11. The second-order valence-electron chi connectivity index (χ2n) is 5.69. The molecule has 1 saturated carbocycles. The maximum Gasteiger partial charge on any atom is -0.00462 e. The van der Waals surface area contributed by atoms with Crippen LogP contribution in [0.1, 0.15) is 71.6 Å². The van der Waals surface area contributed by atoms with Crippen LogP contribution in [0, 0.1) is 17.8 Å². The van der Waals surface area contributed by atoms with Crippen molar-refractivity contribution in [2.75, 3.05) is 6.54 Å². The van der Waals surface area contributed by atoms with E-state index >= 15 is 0 Å². The minimum absolute atomic E-state index is 0.837. The molecule has 1 fully saturated rings. The van der Waals surface area contributed by atoms with Gasteiger partial charge in [-0.1, -0.05) is 58.8 Å². The third kappa shape index (κ3) is 4.45. The molecule has 3 unspecified atom stereocenters. The van der Waals surface area contributed by atoms with E-state index in [4.69, 9.17) is 5.73 Å². The van der Waals surface area contributed by atoms with Crippen molar-refractivity contribution in [3.05, 3.63) is 0 Å². The van der Waals surface area contributed by atoms with Crippen LogP contribution in [-0.2, 0) is 0 Å². The van der Waals surface area contributed by atoms with Gasteiger partial charge in [0.05, 0.1) is 0 Å². The minimum Gasteiger partial charge on any atom is -0.330 e. The lowest BCUT2D eigenvalue weighted by Crippen LogP contribution is -2.30. The lowest BCUT2D eigenvalue weighted by atomic mass is 9.71. The van der Waals surface area contributed by atoms with Crippen LogP contribution >= 0.6 is 0 Å². The fourth-order valence-electron chi connectivity index (χ4n) is 3.29. The highest BCUT2D eigenvalue weighted by Crippen LogP contribution is 2.37. The summed E-state index contributed by atoms with van der Waals surface area (Å²) in [6, 6.07) is 0. The van der Waals surface area contributed by atoms with Crippen LogP contribution in [0.5, 0.6) is 0 Å². The van der Waals surface area contributed by atoms with Crippen LogP contribution in [0.4, 0.5) is 0 Å². The van der Waals surface area contributed by atoms with Crippen LogP contribution < -0.4 is 5.73 Å².